The smallest absolute Gasteiger partial charge is 0.339 e. The summed E-state index contributed by atoms with van der Waals surface area (Å²) >= 11 is 0. The van der Waals surface area contributed by atoms with Gasteiger partial charge in [0.25, 0.3) is 5.91 Å². The molecule has 0 unspecified atom stereocenters. The van der Waals surface area contributed by atoms with Crippen LogP contribution < -0.4 is 5.32 Å². The third kappa shape index (κ3) is 3.81. The van der Waals surface area contributed by atoms with E-state index in [0.29, 0.717) is 34.3 Å². The largest absolute Gasteiger partial charge is 0.465 e. The standard InChI is InChI=1S/C19H26N4O3/c1-11-16(19(25)26-3)12(2)20-17(11)18(24)21-15-10-14(22-23-15)9-13-7-5-4-6-8-13/h10,13,20H,4-9H2,1-3H3,(H2,21,22,23,24). The molecule has 7 nitrogen and oxygen atoms in total. The van der Waals surface area contributed by atoms with Crippen LogP contribution in [-0.2, 0) is 11.2 Å². The molecule has 1 amide bonds. The second-order valence-corrected chi connectivity index (χ2v) is 7.06. The average molecular weight is 358 g/mol. The van der Waals surface area contributed by atoms with Crippen molar-refractivity contribution in [2.24, 2.45) is 5.92 Å². The summed E-state index contributed by atoms with van der Waals surface area (Å²) < 4.78 is 4.78. The van der Waals surface area contributed by atoms with E-state index >= 15 is 0 Å². The number of aromatic nitrogens is 3. The van der Waals surface area contributed by atoms with Crippen molar-refractivity contribution in [1.29, 1.82) is 0 Å². The molecular formula is C19H26N4O3. The van der Waals surface area contributed by atoms with Gasteiger partial charge in [0.15, 0.2) is 5.82 Å². The molecule has 0 bridgehead atoms. The Hall–Kier alpha value is -2.57. The maximum Gasteiger partial charge on any atom is 0.339 e. The molecule has 2 heterocycles. The number of ether oxygens (including phenoxy) is 1. The monoisotopic (exact) mass is 358 g/mol. The molecule has 0 aliphatic heterocycles. The summed E-state index contributed by atoms with van der Waals surface area (Å²) in [5.74, 6) is 0.414. The first-order valence-corrected chi connectivity index (χ1v) is 9.12. The number of H-pyrrole nitrogens is 2. The summed E-state index contributed by atoms with van der Waals surface area (Å²) in [4.78, 5) is 27.4. The highest BCUT2D eigenvalue weighted by molar-refractivity contribution is 6.06. The fourth-order valence-electron chi connectivity index (χ4n) is 3.80. The minimum atomic E-state index is -0.454. The Morgan fingerprint density at radius 1 is 1.27 bits per heavy atom. The van der Waals surface area contributed by atoms with Gasteiger partial charge in [0.05, 0.1) is 12.7 Å². The van der Waals surface area contributed by atoms with Crippen LogP contribution in [0.3, 0.4) is 0 Å². The van der Waals surface area contributed by atoms with Crippen LogP contribution >= 0.6 is 0 Å². The molecule has 2 aromatic rings. The number of esters is 1. The summed E-state index contributed by atoms with van der Waals surface area (Å²) in [6.45, 7) is 3.47. The summed E-state index contributed by atoms with van der Waals surface area (Å²) in [7, 11) is 1.32. The molecule has 0 saturated heterocycles. The zero-order valence-electron chi connectivity index (χ0n) is 15.6. The molecule has 26 heavy (non-hydrogen) atoms. The Kier molecular flexibility index (Phi) is 5.44. The Morgan fingerprint density at radius 3 is 2.69 bits per heavy atom. The van der Waals surface area contributed by atoms with Crippen LogP contribution in [0.4, 0.5) is 5.82 Å². The van der Waals surface area contributed by atoms with Crippen molar-refractivity contribution >= 4 is 17.7 Å². The number of nitrogens with zero attached hydrogens (tertiary/aromatic N) is 1. The van der Waals surface area contributed by atoms with Crippen LogP contribution in [0.5, 0.6) is 0 Å². The van der Waals surface area contributed by atoms with Gasteiger partial charge in [-0.2, -0.15) is 5.10 Å². The SMILES string of the molecule is COC(=O)c1c(C)[nH]c(C(=O)Nc2cc(CC3CCCCC3)[nH]n2)c1C. The van der Waals surface area contributed by atoms with Gasteiger partial charge in [-0.15, -0.1) is 0 Å². The third-order valence-corrected chi connectivity index (χ3v) is 5.16. The first kappa shape index (κ1) is 18.2. The fraction of sp³-hybridized carbons (Fsp3) is 0.526. The second kappa shape index (κ2) is 7.76. The van der Waals surface area contributed by atoms with Crippen LogP contribution in [0.25, 0.3) is 0 Å². The molecule has 1 fully saturated rings. The molecule has 140 valence electrons. The first-order valence-electron chi connectivity index (χ1n) is 9.12. The average Bonchev–Trinajstić information content (AvgIpc) is 3.19. The normalized spacial score (nSPS) is 15.0. The van der Waals surface area contributed by atoms with Crippen molar-refractivity contribution in [1.82, 2.24) is 15.2 Å². The summed E-state index contributed by atoms with van der Waals surface area (Å²) in [6, 6.07) is 1.89. The number of hydrogen-bond donors (Lipinski definition) is 3. The molecule has 1 aliphatic carbocycles. The van der Waals surface area contributed by atoms with Crippen molar-refractivity contribution in [3.8, 4) is 0 Å². The number of hydrogen-bond acceptors (Lipinski definition) is 4. The molecule has 1 aliphatic rings. The van der Waals surface area contributed by atoms with E-state index in [1.54, 1.807) is 13.8 Å². The Balaban J connectivity index is 1.68. The lowest BCUT2D eigenvalue weighted by Gasteiger charge is -2.20. The number of aromatic amines is 2. The van der Waals surface area contributed by atoms with E-state index in [2.05, 4.69) is 20.5 Å². The van der Waals surface area contributed by atoms with Gasteiger partial charge in [0, 0.05) is 17.5 Å². The molecule has 0 atom stereocenters. The van der Waals surface area contributed by atoms with E-state index in [0.717, 1.165) is 12.1 Å². The van der Waals surface area contributed by atoms with Crippen LogP contribution in [0.2, 0.25) is 0 Å². The first-order chi connectivity index (χ1) is 12.5. The van der Waals surface area contributed by atoms with E-state index in [1.807, 2.05) is 6.07 Å². The number of amides is 1. The second-order valence-electron chi connectivity index (χ2n) is 7.06. The summed E-state index contributed by atoms with van der Waals surface area (Å²) in [5.41, 5.74) is 2.98. The van der Waals surface area contributed by atoms with Gasteiger partial charge in [-0.3, -0.25) is 9.89 Å². The van der Waals surface area contributed by atoms with Gasteiger partial charge in [-0.1, -0.05) is 32.1 Å². The van der Waals surface area contributed by atoms with Crippen molar-refractivity contribution < 1.29 is 14.3 Å². The van der Waals surface area contributed by atoms with Crippen LogP contribution in [0.15, 0.2) is 6.07 Å². The van der Waals surface area contributed by atoms with E-state index in [1.165, 1.54) is 39.2 Å². The van der Waals surface area contributed by atoms with Gasteiger partial charge in [-0.05, 0) is 31.7 Å². The zero-order valence-corrected chi connectivity index (χ0v) is 15.6. The predicted molar refractivity (Wildman–Crippen MR) is 98.4 cm³/mol. The quantitative estimate of drug-likeness (QED) is 0.712. The Bertz CT molecular complexity index is 800. The van der Waals surface area contributed by atoms with Gasteiger partial charge in [0.1, 0.15) is 5.69 Å². The van der Waals surface area contributed by atoms with E-state index < -0.39 is 5.97 Å². The van der Waals surface area contributed by atoms with Gasteiger partial charge < -0.3 is 15.0 Å². The lowest BCUT2D eigenvalue weighted by Crippen LogP contribution is -2.14. The van der Waals surface area contributed by atoms with Crippen LogP contribution in [-0.4, -0.2) is 34.2 Å². The zero-order chi connectivity index (χ0) is 18.7. The van der Waals surface area contributed by atoms with Gasteiger partial charge in [0.2, 0.25) is 0 Å². The van der Waals surface area contributed by atoms with E-state index in [4.69, 9.17) is 4.74 Å². The molecule has 1 saturated carbocycles. The molecule has 3 N–H and O–H groups in total. The Labute approximate surface area is 152 Å². The number of carbonyl (C=O) groups is 2. The van der Waals surface area contributed by atoms with Crippen molar-refractivity contribution in [3.63, 3.8) is 0 Å². The van der Waals surface area contributed by atoms with E-state index in [9.17, 15) is 9.59 Å². The van der Waals surface area contributed by atoms with Crippen molar-refractivity contribution in [2.45, 2.75) is 52.4 Å². The maximum atomic E-state index is 12.6. The minimum absolute atomic E-state index is 0.323. The number of anilines is 1. The van der Waals surface area contributed by atoms with Crippen molar-refractivity contribution in [2.75, 3.05) is 12.4 Å². The van der Waals surface area contributed by atoms with E-state index in [-0.39, 0.29) is 5.91 Å². The number of carbonyl (C=O) groups excluding carboxylic acids is 2. The fourth-order valence-corrected chi connectivity index (χ4v) is 3.80. The lowest BCUT2D eigenvalue weighted by molar-refractivity contribution is 0.0599. The number of rotatable bonds is 5. The predicted octanol–water partition coefficient (Wildman–Crippen LogP) is 3.52. The summed E-state index contributed by atoms with van der Waals surface area (Å²) in [6.07, 6.45) is 7.43. The molecule has 0 radical (unpaired) electrons. The highest BCUT2D eigenvalue weighted by Gasteiger charge is 2.23. The van der Waals surface area contributed by atoms with Crippen molar-refractivity contribution in [3.05, 3.63) is 34.3 Å². The topological polar surface area (TPSA) is 99.9 Å². The number of methoxy groups -OCH3 is 1. The third-order valence-electron chi connectivity index (χ3n) is 5.16. The molecule has 3 rings (SSSR count). The van der Waals surface area contributed by atoms with Gasteiger partial charge in [-0.25, -0.2) is 4.79 Å². The summed E-state index contributed by atoms with van der Waals surface area (Å²) in [5, 5.41) is 10.0. The molecule has 7 heteroatoms. The number of aryl methyl sites for hydroxylation is 1. The van der Waals surface area contributed by atoms with Crippen LogP contribution in [0, 0.1) is 19.8 Å². The highest BCUT2D eigenvalue weighted by atomic mass is 16.5. The highest BCUT2D eigenvalue weighted by Crippen LogP contribution is 2.27. The maximum absolute atomic E-state index is 12.6. The molecule has 2 aromatic heterocycles. The molecule has 0 spiro atoms. The Morgan fingerprint density at radius 2 is 2.00 bits per heavy atom. The molecule has 0 aromatic carbocycles. The minimum Gasteiger partial charge on any atom is -0.465 e. The molecular weight excluding hydrogens is 332 g/mol. The number of nitrogens with one attached hydrogen (secondary N) is 3. The van der Waals surface area contributed by atoms with Gasteiger partial charge >= 0.3 is 5.97 Å². The lowest BCUT2D eigenvalue weighted by atomic mass is 9.86. The van der Waals surface area contributed by atoms with Crippen LogP contribution in [0.1, 0.15) is 69.9 Å².